The van der Waals surface area contributed by atoms with Gasteiger partial charge in [0.25, 0.3) is 0 Å². The number of hydrogen-bond donors (Lipinski definition) is 0. The van der Waals surface area contributed by atoms with Crippen LogP contribution in [0.4, 0.5) is 22.0 Å². The zero-order valence-electron chi connectivity index (χ0n) is 16.6. The molecule has 1 aliphatic carbocycles. The molecule has 0 radical (unpaired) electrons. The number of aryl methyl sites for hydroxylation is 2. The van der Waals surface area contributed by atoms with Crippen LogP contribution in [0.2, 0.25) is 0 Å². The fourth-order valence-corrected chi connectivity index (χ4v) is 3.84. The summed E-state index contributed by atoms with van der Waals surface area (Å²) in [6.45, 7) is 3.54. The first kappa shape index (κ1) is 21.6. The molecule has 0 N–H and O–H groups in total. The van der Waals surface area contributed by atoms with E-state index in [2.05, 4.69) is 11.7 Å². The Morgan fingerprint density at radius 2 is 1.66 bits per heavy atom. The van der Waals surface area contributed by atoms with Gasteiger partial charge in [-0.05, 0) is 60.9 Å². The number of alkyl halides is 2. The van der Waals surface area contributed by atoms with E-state index < -0.39 is 34.9 Å². The average molecular weight is 412 g/mol. The second-order valence-electron chi connectivity index (χ2n) is 8.11. The lowest BCUT2D eigenvalue weighted by molar-refractivity contribution is -0.189. The molecule has 2 aromatic rings. The van der Waals surface area contributed by atoms with Gasteiger partial charge in [-0.2, -0.15) is 13.2 Å². The Balaban J connectivity index is 1.69. The Bertz CT molecular complexity index is 857. The van der Waals surface area contributed by atoms with Gasteiger partial charge < -0.3 is 4.74 Å². The normalized spacial score (nSPS) is 20.0. The molecule has 0 aliphatic heterocycles. The van der Waals surface area contributed by atoms with Crippen molar-refractivity contribution in [3.05, 3.63) is 64.5 Å². The largest absolute Gasteiger partial charge is 0.429 e. The number of rotatable bonds is 6. The maximum absolute atomic E-state index is 14.4. The molecule has 1 aliphatic rings. The van der Waals surface area contributed by atoms with Crippen LogP contribution in [-0.4, -0.2) is 0 Å². The van der Waals surface area contributed by atoms with Crippen LogP contribution in [-0.2, 0) is 12.5 Å². The quantitative estimate of drug-likeness (QED) is 0.452. The highest BCUT2D eigenvalue weighted by Crippen LogP contribution is 2.36. The molecule has 0 saturated heterocycles. The Morgan fingerprint density at radius 1 is 0.966 bits per heavy atom. The molecule has 3 rings (SSSR count). The van der Waals surface area contributed by atoms with Crippen LogP contribution in [0.25, 0.3) is 0 Å². The molecule has 2 aromatic carbocycles. The zero-order valence-corrected chi connectivity index (χ0v) is 16.6. The van der Waals surface area contributed by atoms with E-state index in [4.69, 9.17) is 0 Å². The molecule has 0 bridgehead atoms. The highest BCUT2D eigenvalue weighted by molar-refractivity contribution is 5.32. The van der Waals surface area contributed by atoms with Crippen molar-refractivity contribution in [1.82, 2.24) is 0 Å². The summed E-state index contributed by atoms with van der Waals surface area (Å²) in [5, 5.41) is 0. The molecule has 29 heavy (non-hydrogen) atoms. The summed E-state index contributed by atoms with van der Waals surface area (Å²) in [6.07, 6.45) is 2.05. The third kappa shape index (κ3) is 5.09. The van der Waals surface area contributed by atoms with Gasteiger partial charge in [0, 0.05) is 0 Å². The fraction of sp³-hybridized carbons (Fsp3) is 0.478. The topological polar surface area (TPSA) is 9.23 Å². The summed E-state index contributed by atoms with van der Waals surface area (Å²) in [4.78, 5) is 0. The van der Waals surface area contributed by atoms with Gasteiger partial charge in [-0.1, -0.05) is 44.7 Å². The van der Waals surface area contributed by atoms with Crippen molar-refractivity contribution in [2.45, 2.75) is 58.5 Å². The Kier molecular flexibility index (Phi) is 6.49. The van der Waals surface area contributed by atoms with Crippen molar-refractivity contribution in [2.24, 2.45) is 11.8 Å². The van der Waals surface area contributed by atoms with E-state index in [0.717, 1.165) is 49.4 Å². The van der Waals surface area contributed by atoms with Crippen molar-refractivity contribution in [3.8, 4) is 5.75 Å². The van der Waals surface area contributed by atoms with Crippen molar-refractivity contribution in [1.29, 1.82) is 0 Å². The monoisotopic (exact) mass is 412 g/mol. The molecule has 0 atom stereocenters. The Labute approximate surface area is 167 Å². The summed E-state index contributed by atoms with van der Waals surface area (Å²) in [5.41, 5.74) is -0.414. The molecule has 1 fully saturated rings. The van der Waals surface area contributed by atoms with Gasteiger partial charge in [0.2, 0.25) is 5.82 Å². The molecular weight excluding hydrogens is 387 g/mol. The molecule has 0 unspecified atom stereocenters. The van der Waals surface area contributed by atoms with Crippen molar-refractivity contribution >= 4 is 0 Å². The van der Waals surface area contributed by atoms with E-state index in [0.29, 0.717) is 17.9 Å². The third-order valence-corrected chi connectivity index (χ3v) is 5.80. The van der Waals surface area contributed by atoms with E-state index >= 15 is 0 Å². The van der Waals surface area contributed by atoms with Crippen LogP contribution in [0, 0.1) is 36.2 Å². The summed E-state index contributed by atoms with van der Waals surface area (Å²) in [7, 11) is 0. The zero-order chi connectivity index (χ0) is 21.2. The molecule has 0 amide bonds. The minimum Gasteiger partial charge on any atom is -0.426 e. The Morgan fingerprint density at radius 3 is 2.31 bits per heavy atom. The highest BCUT2D eigenvalue weighted by atomic mass is 19.3. The van der Waals surface area contributed by atoms with Crippen molar-refractivity contribution < 1.29 is 26.7 Å². The lowest BCUT2D eigenvalue weighted by Gasteiger charge is -2.26. The molecule has 6 heteroatoms. The molecule has 0 spiro atoms. The average Bonchev–Trinajstić information content (AvgIpc) is 2.68. The van der Waals surface area contributed by atoms with Crippen molar-refractivity contribution in [2.75, 3.05) is 0 Å². The highest BCUT2D eigenvalue weighted by Gasteiger charge is 2.39. The summed E-state index contributed by atoms with van der Waals surface area (Å²) < 4.78 is 75.0. The second kappa shape index (κ2) is 8.72. The van der Waals surface area contributed by atoms with Gasteiger partial charge in [-0.25, -0.2) is 8.78 Å². The lowest BCUT2D eigenvalue weighted by Crippen LogP contribution is -2.24. The smallest absolute Gasteiger partial charge is 0.426 e. The minimum absolute atomic E-state index is 0.0406. The number of halogens is 5. The first-order valence-electron chi connectivity index (χ1n) is 9.97. The minimum atomic E-state index is -4.13. The van der Waals surface area contributed by atoms with Crippen LogP contribution >= 0.6 is 0 Å². The predicted molar refractivity (Wildman–Crippen MR) is 101 cm³/mol. The van der Waals surface area contributed by atoms with E-state index in [1.807, 2.05) is 0 Å². The van der Waals surface area contributed by atoms with Gasteiger partial charge in [0.1, 0.15) is 5.82 Å². The number of benzene rings is 2. The second-order valence-corrected chi connectivity index (χ2v) is 8.11. The van der Waals surface area contributed by atoms with Crippen LogP contribution in [0.3, 0.4) is 0 Å². The maximum atomic E-state index is 14.4. The van der Waals surface area contributed by atoms with Crippen LogP contribution in [0.15, 0.2) is 30.3 Å². The van der Waals surface area contributed by atoms with Gasteiger partial charge in [0.15, 0.2) is 11.6 Å². The number of hydrogen-bond acceptors (Lipinski definition) is 1. The third-order valence-electron chi connectivity index (χ3n) is 5.80. The molecular formula is C23H25F5O. The fourth-order valence-electron chi connectivity index (χ4n) is 3.84. The Hall–Kier alpha value is -2.11. The predicted octanol–water partition coefficient (Wildman–Crippen LogP) is 7.30. The van der Waals surface area contributed by atoms with E-state index in [1.54, 1.807) is 0 Å². The molecule has 0 aromatic heterocycles. The van der Waals surface area contributed by atoms with Gasteiger partial charge in [0.05, 0.1) is 5.56 Å². The standard InChI is InChI=1S/C23H25F5O/c1-14-3-6-16(7-4-14)8-9-17-10-11-18(19(24)13-17)23(27,28)29-20-12-5-15(2)21(25)22(20)26/h5,10-14,16H,3-4,6-9H2,1-2H3. The summed E-state index contributed by atoms with van der Waals surface area (Å²) in [6, 6.07) is 5.49. The van der Waals surface area contributed by atoms with Crippen LogP contribution < -0.4 is 4.74 Å². The van der Waals surface area contributed by atoms with E-state index in [-0.39, 0.29) is 5.56 Å². The van der Waals surface area contributed by atoms with Gasteiger partial charge >= 0.3 is 6.11 Å². The lowest BCUT2D eigenvalue weighted by atomic mass is 9.80. The van der Waals surface area contributed by atoms with Crippen LogP contribution in [0.5, 0.6) is 5.75 Å². The first-order chi connectivity index (χ1) is 13.7. The molecule has 0 heterocycles. The van der Waals surface area contributed by atoms with Gasteiger partial charge in [-0.3, -0.25) is 0 Å². The summed E-state index contributed by atoms with van der Waals surface area (Å²) >= 11 is 0. The van der Waals surface area contributed by atoms with Crippen LogP contribution in [0.1, 0.15) is 55.7 Å². The SMILES string of the molecule is Cc1ccc(OC(F)(F)c2ccc(CCC3CCC(C)CC3)cc2F)c(F)c1F. The molecule has 1 nitrogen and oxygen atoms in total. The van der Waals surface area contributed by atoms with Gasteiger partial charge in [-0.15, -0.1) is 0 Å². The van der Waals surface area contributed by atoms with Crippen molar-refractivity contribution in [3.63, 3.8) is 0 Å². The molecule has 1 saturated carbocycles. The molecule has 158 valence electrons. The summed E-state index contributed by atoms with van der Waals surface area (Å²) in [5.74, 6) is -3.56. The number of ether oxygens (including phenoxy) is 1. The first-order valence-corrected chi connectivity index (χ1v) is 9.97. The maximum Gasteiger partial charge on any atom is 0.429 e. The van der Waals surface area contributed by atoms with E-state index in [1.165, 1.54) is 25.8 Å². The van der Waals surface area contributed by atoms with E-state index in [9.17, 15) is 22.0 Å².